The lowest BCUT2D eigenvalue weighted by Crippen LogP contribution is -2.12. The van der Waals surface area contributed by atoms with E-state index >= 15 is 0 Å². The Morgan fingerprint density at radius 1 is 0.800 bits per heavy atom. The molecule has 0 aliphatic carbocycles. The van der Waals surface area contributed by atoms with Gasteiger partial charge < -0.3 is 15.9 Å². The zero-order chi connectivity index (χ0) is 17.8. The van der Waals surface area contributed by atoms with Crippen molar-refractivity contribution in [2.24, 2.45) is 16.0 Å². The number of nitrogens with zero attached hydrogens (tertiary/aromatic N) is 2. The van der Waals surface area contributed by atoms with Crippen molar-refractivity contribution in [3.05, 3.63) is 72.3 Å². The molecule has 124 valence electrons. The number of aromatic hydroxyl groups is 2. The van der Waals surface area contributed by atoms with Gasteiger partial charge in [-0.15, -0.1) is 10.2 Å². The first-order valence-corrected chi connectivity index (χ1v) is 7.49. The number of phenols is 2. The van der Waals surface area contributed by atoms with E-state index in [1.165, 1.54) is 18.2 Å². The van der Waals surface area contributed by atoms with Gasteiger partial charge in [0.15, 0.2) is 0 Å². The number of rotatable bonds is 4. The fraction of sp³-hybridized carbons (Fsp3) is 0. The van der Waals surface area contributed by atoms with Crippen LogP contribution in [0.2, 0.25) is 0 Å². The van der Waals surface area contributed by atoms with Crippen LogP contribution in [0.15, 0.2) is 77.0 Å². The van der Waals surface area contributed by atoms with Crippen molar-refractivity contribution in [1.29, 1.82) is 0 Å². The van der Waals surface area contributed by atoms with E-state index in [0.29, 0.717) is 11.1 Å². The zero-order valence-corrected chi connectivity index (χ0v) is 13.1. The van der Waals surface area contributed by atoms with E-state index in [1.807, 2.05) is 6.07 Å². The fourth-order valence-electron chi connectivity index (χ4n) is 2.44. The highest BCUT2D eigenvalue weighted by atomic mass is 16.3. The van der Waals surface area contributed by atoms with Crippen LogP contribution in [0.1, 0.15) is 10.4 Å². The predicted octanol–water partition coefficient (Wildman–Crippen LogP) is 4.28. The molecule has 3 aromatic carbocycles. The van der Waals surface area contributed by atoms with Gasteiger partial charge in [0.1, 0.15) is 22.9 Å². The third-order valence-corrected chi connectivity index (χ3v) is 3.62. The zero-order valence-electron chi connectivity index (χ0n) is 13.1. The minimum Gasteiger partial charge on any atom is -0.506 e. The van der Waals surface area contributed by atoms with Crippen molar-refractivity contribution in [1.82, 2.24) is 0 Å². The van der Waals surface area contributed by atoms with Crippen LogP contribution in [0, 0.1) is 0 Å². The number of azo groups is 1. The van der Waals surface area contributed by atoms with Gasteiger partial charge in [0.2, 0.25) is 5.91 Å². The minimum atomic E-state index is -0.641. The molecule has 6 heteroatoms. The van der Waals surface area contributed by atoms with Gasteiger partial charge in [-0.3, -0.25) is 4.79 Å². The molecule has 0 spiro atoms. The highest BCUT2D eigenvalue weighted by molar-refractivity contribution is 6.03. The molecule has 25 heavy (non-hydrogen) atoms. The Labute approximate surface area is 143 Å². The second-order valence-electron chi connectivity index (χ2n) is 5.27. The minimum absolute atomic E-state index is 0.0435. The maximum Gasteiger partial charge on any atom is 0.249 e. The van der Waals surface area contributed by atoms with E-state index in [-0.39, 0.29) is 28.4 Å². The van der Waals surface area contributed by atoms with Gasteiger partial charge in [0.05, 0.1) is 0 Å². The van der Waals surface area contributed by atoms with Crippen molar-refractivity contribution in [2.45, 2.75) is 0 Å². The number of benzene rings is 3. The van der Waals surface area contributed by atoms with E-state index < -0.39 is 5.91 Å². The first-order valence-electron chi connectivity index (χ1n) is 7.49. The Morgan fingerprint density at radius 3 is 2.16 bits per heavy atom. The van der Waals surface area contributed by atoms with Gasteiger partial charge in [-0.1, -0.05) is 42.5 Å². The van der Waals surface area contributed by atoms with Gasteiger partial charge >= 0.3 is 0 Å². The van der Waals surface area contributed by atoms with E-state index in [0.717, 1.165) is 0 Å². The number of carbonyl (C=O) groups excluding carboxylic acids is 1. The average molecular weight is 333 g/mol. The Morgan fingerprint density at radius 2 is 1.48 bits per heavy atom. The summed E-state index contributed by atoms with van der Waals surface area (Å²) in [6.07, 6.45) is 0. The van der Waals surface area contributed by atoms with Gasteiger partial charge in [-0.25, -0.2) is 0 Å². The first-order chi connectivity index (χ1) is 12.1. The smallest absolute Gasteiger partial charge is 0.249 e. The largest absolute Gasteiger partial charge is 0.506 e. The van der Waals surface area contributed by atoms with Crippen molar-refractivity contribution in [2.75, 3.05) is 0 Å². The molecule has 3 rings (SSSR count). The van der Waals surface area contributed by atoms with E-state index in [4.69, 9.17) is 5.73 Å². The summed E-state index contributed by atoms with van der Waals surface area (Å²) in [6.45, 7) is 0. The number of para-hydroxylation sites is 1. The van der Waals surface area contributed by atoms with Crippen LogP contribution in [-0.2, 0) is 0 Å². The van der Waals surface area contributed by atoms with E-state index in [1.54, 1.807) is 42.5 Å². The second-order valence-corrected chi connectivity index (χ2v) is 5.27. The molecule has 0 saturated heterocycles. The monoisotopic (exact) mass is 333 g/mol. The molecule has 0 aliphatic heterocycles. The molecule has 0 aromatic heterocycles. The van der Waals surface area contributed by atoms with Gasteiger partial charge in [0.25, 0.3) is 0 Å². The number of primary amides is 1. The summed E-state index contributed by atoms with van der Waals surface area (Å²) >= 11 is 0. The third-order valence-electron chi connectivity index (χ3n) is 3.62. The average Bonchev–Trinajstić information content (AvgIpc) is 2.62. The molecule has 4 N–H and O–H groups in total. The molecule has 0 atom stereocenters. The molecular weight excluding hydrogens is 318 g/mol. The molecule has 0 aliphatic rings. The van der Waals surface area contributed by atoms with Crippen LogP contribution in [0.4, 0.5) is 11.4 Å². The predicted molar refractivity (Wildman–Crippen MR) is 94.3 cm³/mol. The van der Waals surface area contributed by atoms with Crippen LogP contribution < -0.4 is 5.73 Å². The van der Waals surface area contributed by atoms with Crippen LogP contribution in [0.25, 0.3) is 11.1 Å². The summed E-state index contributed by atoms with van der Waals surface area (Å²) < 4.78 is 0. The number of hydrogen-bond acceptors (Lipinski definition) is 5. The van der Waals surface area contributed by atoms with Gasteiger partial charge in [-0.05, 0) is 29.8 Å². The van der Waals surface area contributed by atoms with E-state index in [2.05, 4.69) is 10.2 Å². The Bertz CT molecular complexity index is 953. The molecule has 0 heterocycles. The number of amides is 1. The van der Waals surface area contributed by atoms with Crippen LogP contribution in [0.5, 0.6) is 11.5 Å². The highest BCUT2D eigenvalue weighted by Crippen LogP contribution is 2.41. The SMILES string of the molecule is NC(=O)c1ccc(O)c(N=Nc2ccccc2O)c1-c1ccccc1. The lowest BCUT2D eigenvalue weighted by atomic mass is 9.97. The number of hydrogen-bond donors (Lipinski definition) is 3. The molecule has 6 nitrogen and oxygen atoms in total. The molecule has 0 radical (unpaired) electrons. The topological polar surface area (TPSA) is 108 Å². The Hall–Kier alpha value is -3.67. The Kier molecular flexibility index (Phi) is 4.43. The Balaban J connectivity index is 2.20. The first kappa shape index (κ1) is 16.2. The quantitative estimate of drug-likeness (QED) is 0.620. The summed E-state index contributed by atoms with van der Waals surface area (Å²) in [5, 5.41) is 28.1. The van der Waals surface area contributed by atoms with Crippen LogP contribution in [-0.4, -0.2) is 16.1 Å². The van der Waals surface area contributed by atoms with Gasteiger partial charge in [0, 0.05) is 11.1 Å². The van der Waals surface area contributed by atoms with Crippen LogP contribution >= 0.6 is 0 Å². The summed E-state index contributed by atoms with van der Waals surface area (Å²) in [4.78, 5) is 11.8. The third kappa shape index (κ3) is 3.32. The summed E-state index contributed by atoms with van der Waals surface area (Å²) in [7, 11) is 0. The van der Waals surface area contributed by atoms with Crippen molar-refractivity contribution in [3.8, 4) is 22.6 Å². The van der Waals surface area contributed by atoms with E-state index in [9.17, 15) is 15.0 Å². The van der Waals surface area contributed by atoms with Crippen LogP contribution in [0.3, 0.4) is 0 Å². The van der Waals surface area contributed by atoms with Crippen molar-refractivity contribution in [3.63, 3.8) is 0 Å². The lowest BCUT2D eigenvalue weighted by molar-refractivity contribution is 0.100. The molecular formula is C19H15N3O3. The number of phenolic OH excluding ortho intramolecular Hbond substituents is 2. The normalized spacial score (nSPS) is 10.9. The maximum absolute atomic E-state index is 11.8. The molecule has 3 aromatic rings. The summed E-state index contributed by atoms with van der Waals surface area (Å²) in [5.41, 5.74) is 7.08. The molecule has 0 fully saturated rings. The number of carbonyl (C=O) groups is 1. The number of nitrogens with two attached hydrogens (primary N) is 1. The molecule has 0 bridgehead atoms. The maximum atomic E-state index is 11.8. The summed E-state index contributed by atoms with van der Waals surface area (Å²) in [5.74, 6) is -0.834. The molecule has 0 unspecified atom stereocenters. The summed E-state index contributed by atoms with van der Waals surface area (Å²) in [6, 6.07) is 18.2. The fourth-order valence-corrected chi connectivity index (χ4v) is 2.44. The van der Waals surface area contributed by atoms with Gasteiger partial charge in [-0.2, -0.15) is 0 Å². The highest BCUT2D eigenvalue weighted by Gasteiger charge is 2.18. The molecule has 1 amide bonds. The standard InChI is InChI=1S/C19H15N3O3/c20-19(25)13-10-11-16(24)18(17(13)12-6-2-1-3-7-12)22-21-14-8-4-5-9-15(14)23/h1-11,23-24H,(H2,20,25). The van der Waals surface area contributed by atoms with Crippen molar-refractivity contribution >= 4 is 17.3 Å². The second kappa shape index (κ2) is 6.84. The van der Waals surface area contributed by atoms with Crippen molar-refractivity contribution < 1.29 is 15.0 Å². The lowest BCUT2D eigenvalue weighted by Gasteiger charge is -2.11. The molecule has 0 saturated carbocycles.